The van der Waals surface area contributed by atoms with Crippen molar-refractivity contribution in [3.63, 3.8) is 0 Å². The van der Waals surface area contributed by atoms with E-state index in [1.54, 1.807) is 0 Å². The Balaban J connectivity index is 1.94. The van der Waals surface area contributed by atoms with Gasteiger partial charge in [-0.05, 0) is 38.1 Å². The Morgan fingerprint density at radius 3 is 2.79 bits per heavy atom. The smallest absolute Gasteiger partial charge is 0.318 e. The summed E-state index contributed by atoms with van der Waals surface area (Å²) >= 11 is 0. The number of anilines is 1. The van der Waals surface area contributed by atoms with Gasteiger partial charge >= 0.3 is 6.01 Å². The van der Waals surface area contributed by atoms with E-state index in [4.69, 9.17) is 4.42 Å². The minimum absolute atomic E-state index is 0.129. The highest BCUT2D eigenvalue weighted by Gasteiger charge is 2.28. The molecule has 0 saturated carbocycles. The molecule has 0 aromatic carbocycles. The Hall–Kier alpha value is -1.10. The van der Waals surface area contributed by atoms with Gasteiger partial charge in [0.2, 0.25) is 5.89 Å². The van der Waals surface area contributed by atoms with Gasteiger partial charge in [0.15, 0.2) is 0 Å². The Morgan fingerprint density at radius 2 is 2.16 bits per heavy atom. The van der Waals surface area contributed by atoms with Crippen molar-refractivity contribution in [3.05, 3.63) is 5.89 Å². The van der Waals surface area contributed by atoms with Gasteiger partial charge in [-0.1, -0.05) is 25.9 Å². The molecule has 0 spiro atoms. The fraction of sp³-hybridized carbons (Fsp3) is 0.857. The Kier molecular flexibility index (Phi) is 4.80. The summed E-state index contributed by atoms with van der Waals surface area (Å²) in [7, 11) is 0. The standard InChI is InChI=1S/C14H26N4O/c1-5-7-15-11(4)13-16-17-14(19-13)18-8-6-12(9-18)10(2)3/h10-12,15H,5-9H2,1-4H3. The van der Waals surface area contributed by atoms with E-state index in [0.717, 1.165) is 37.9 Å². The van der Waals surface area contributed by atoms with E-state index in [1.165, 1.54) is 6.42 Å². The molecule has 1 aliphatic rings. The third kappa shape index (κ3) is 3.47. The fourth-order valence-electron chi connectivity index (χ4n) is 2.48. The van der Waals surface area contributed by atoms with Crippen molar-refractivity contribution < 1.29 is 4.42 Å². The number of nitrogens with zero attached hydrogens (tertiary/aromatic N) is 3. The van der Waals surface area contributed by atoms with Gasteiger partial charge in [-0.3, -0.25) is 0 Å². The molecule has 0 radical (unpaired) electrons. The first kappa shape index (κ1) is 14.3. The van der Waals surface area contributed by atoms with Gasteiger partial charge in [-0.15, -0.1) is 5.10 Å². The minimum atomic E-state index is 0.129. The summed E-state index contributed by atoms with van der Waals surface area (Å²) in [6, 6.07) is 0.813. The van der Waals surface area contributed by atoms with Gasteiger partial charge in [-0.2, -0.15) is 0 Å². The molecule has 5 heteroatoms. The van der Waals surface area contributed by atoms with Gasteiger partial charge < -0.3 is 14.6 Å². The average Bonchev–Trinajstić information content (AvgIpc) is 3.03. The molecule has 1 aromatic rings. The first-order valence-corrected chi connectivity index (χ1v) is 7.43. The predicted molar refractivity (Wildman–Crippen MR) is 76.2 cm³/mol. The van der Waals surface area contributed by atoms with E-state index < -0.39 is 0 Å². The number of rotatable bonds is 6. The molecule has 1 aromatic heterocycles. The maximum absolute atomic E-state index is 5.80. The molecule has 1 N–H and O–H groups in total. The van der Waals surface area contributed by atoms with Crippen LogP contribution in [-0.4, -0.2) is 29.8 Å². The molecule has 5 nitrogen and oxygen atoms in total. The van der Waals surface area contributed by atoms with Gasteiger partial charge in [0, 0.05) is 13.1 Å². The van der Waals surface area contributed by atoms with Crippen LogP contribution in [0.15, 0.2) is 4.42 Å². The first-order valence-electron chi connectivity index (χ1n) is 7.43. The lowest BCUT2D eigenvalue weighted by Gasteiger charge is -2.15. The molecule has 2 rings (SSSR count). The molecule has 108 valence electrons. The van der Waals surface area contributed by atoms with E-state index in [1.807, 2.05) is 0 Å². The molecule has 1 aliphatic heterocycles. The zero-order valence-electron chi connectivity index (χ0n) is 12.5. The van der Waals surface area contributed by atoms with Crippen LogP contribution in [0.1, 0.15) is 52.5 Å². The van der Waals surface area contributed by atoms with Gasteiger partial charge in [0.05, 0.1) is 6.04 Å². The molecule has 0 aliphatic carbocycles. The largest absolute Gasteiger partial charge is 0.406 e. The maximum Gasteiger partial charge on any atom is 0.318 e. The average molecular weight is 266 g/mol. The van der Waals surface area contributed by atoms with Crippen molar-refractivity contribution in [2.75, 3.05) is 24.5 Å². The molecule has 2 unspecified atom stereocenters. The summed E-state index contributed by atoms with van der Waals surface area (Å²) in [4.78, 5) is 2.22. The van der Waals surface area contributed by atoms with Crippen LogP contribution in [0, 0.1) is 11.8 Å². The van der Waals surface area contributed by atoms with E-state index in [0.29, 0.717) is 11.9 Å². The molecular weight excluding hydrogens is 240 g/mol. The van der Waals surface area contributed by atoms with Crippen LogP contribution >= 0.6 is 0 Å². The van der Waals surface area contributed by atoms with Crippen LogP contribution in [0.25, 0.3) is 0 Å². The summed E-state index contributed by atoms with van der Waals surface area (Å²) in [5.41, 5.74) is 0. The Morgan fingerprint density at radius 1 is 1.37 bits per heavy atom. The molecule has 0 bridgehead atoms. The first-order chi connectivity index (χ1) is 9.11. The minimum Gasteiger partial charge on any atom is -0.406 e. The lowest BCUT2D eigenvalue weighted by Crippen LogP contribution is -2.21. The van der Waals surface area contributed by atoms with Crippen LogP contribution in [0.3, 0.4) is 0 Å². The quantitative estimate of drug-likeness (QED) is 0.857. The monoisotopic (exact) mass is 266 g/mol. The van der Waals surface area contributed by atoms with Crippen LogP contribution in [0.4, 0.5) is 6.01 Å². The van der Waals surface area contributed by atoms with Crippen LogP contribution in [0.5, 0.6) is 0 Å². The van der Waals surface area contributed by atoms with Gasteiger partial charge in [-0.25, -0.2) is 0 Å². The highest BCUT2D eigenvalue weighted by atomic mass is 16.4. The highest BCUT2D eigenvalue weighted by molar-refractivity contribution is 5.26. The topological polar surface area (TPSA) is 54.2 Å². The van der Waals surface area contributed by atoms with Gasteiger partial charge in [0.1, 0.15) is 0 Å². The third-order valence-electron chi connectivity index (χ3n) is 3.94. The van der Waals surface area contributed by atoms with Crippen LogP contribution in [0.2, 0.25) is 0 Å². The fourth-order valence-corrected chi connectivity index (χ4v) is 2.48. The zero-order chi connectivity index (χ0) is 13.8. The Labute approximate surface area is 115 Å². The summed E-state index contributed by atoms with van der Waals surface area (Å²) in [5.74, 6) is 2.15. The van der Waals surface area contributed by atoms with Crippen molar-refractivity contribution in [1.82, 2.24) is 15.5 Å². The van der Waals surface area contributed by atoms with Crippen LogP contribution in [-0.2, 0) is 0 Å². The lowest BCUT2D eigenvalue weighted by molar-refractivity contribution is 0.407. The van der Waals surface area contributed by atoms with Crippen molar-refractivity contribution in [2.24, 2.45) is 11.8 Å². The summed E-state index contributed by atoms with van der Waals surface area (Å²) < 4.78 is 5.80. The molecule has 19 heavy (non-hydrogen) atoms. The van der Waals surface area contributed by atoms with Crippen molar-refractivity contribution in [2.45, 2.75) is 46.6 Å². The van der Waals surface area contributed by atoms with Crippen molar-refractivity contribution in [3.8, 4) is 0 Å². The van der Waals surface area contributed by atoms with E-state index in [-0.39, 0.29) is 6.04 Å². The number of hydrogen-bond donors (Lipinski definition) is 1. The number of hydrogen-bond acceptors (Lipinski definition) is 5. The zero-order valence-corrected chi connectivity index (χ0v) is 12.5. The summed E-state index contributed by atoms with van der Waals surface area (Å²) in [6.45, 7) is 11.8. The van der Waals surface area contributed by atoms with E-state index >= 15 is 0 Å². The second-order valence-electron chi connectivity index (χ2n) is 5.84. The predicted octanol–water partition coefficient (Wildman–Crippen LogP) is 2.61. The van der Waals surface area contributed by atoms with E-state index in [2.05, 4.69) is 48.1 Å². The SMILES string of the molecule is CCCNC(C)c1nnc(N2CCC(C(C)C)C2)o1. The lowest BCUT2D eigenvalue weighted by atomic mass is 9.95. The van der Waals surface area contributed by atoms with E-state index in [9.17, 15) is 0 Å². The van der Waals surface area contributed by atoms with Crippen LogP contribution < -0.4 is 10.2 Å². The summed E-state index contributed by atoms with van der Waals surface area (Å²) in [6.07, 6.45) is 2.33. The molecule has 1 saturated heterocycles. The third-order valence-corrected chi connectivity index (χ3v) is 3.94. The second-order valence-corrected chi connectivity index (χ2v) is 5.84. The molecule has 0 amide bonds. The molecule has 2 heterocycles. The second kappa shape index (κ2) is 6.37. The summed E-state index contributed by atoms with van der Waals surface area (Å²) in [5, 5.41) is 11.7. The van der Waals surface area contributed by atoms with Crippen molar-refractivity contribution in [1.29, 1.82) is 0 Å². The molecular formula is C14H26N4O. The Bertz CT molecular complexity index is 391. The van der Waals surface area contributed by atoms with Gasteiger partial charge in [0.25, 0.3) is 0 Å². The molecule has 1 fully saturated rings. The molecule has 2 atom stereocenters. The highest BCUT2D eigenvalue weighted by Crippen LogP contribution is 2.28. The van der Waals surface area contributed by atoms with Crippen molar-refractivity contribution >= 4 is 6.01 Å². The normalized spacial score (nSPS) is 21.3. The maximum atomic E-state index is 5.80. The number of aromatic nitrogens is 2. The number of nitrogens with one attached hydrogen (secondary N) is 1.